The van der Waals surface area contributed by atoms with E-state index in [-0.39, 0.29) is 23.3 Å². The smallest absolute Gasteiger partial charge is 0.234 e. The summed E-state index contributed by atoms with van der Waals surface area (Å²) < 4.78 is 0. The van der Waals surface area contributed by atoms with Gasteiger partial charge in [-0.1, -0.05) is 47.5 Å². The number of hydrogen-bond donors (Lipinski definition) is 2. The van der Waals surface area contributed by atoms with E-state index in [0.717, 1.165) is 27.5 Å². The van der Waals surface area contributed by atoms with E-state index in [0.29, 0.717) is 13.0 Å². The van der Waals surface area contributed by atoms with Gasteiger partial charge in [-0.3, -0.25) is 9.59 Å². The van der Waals surface area contributed by atoms with E-state index in [1.54, 1.807) is 11.3 Å². The van der Waals surface area contributed by atoms with E-state index in [2.05, 4.69) is 46.8 Å². The number of carbonyl (C=O) groups is 2. The number of aryl methyl sites for hydroxylation is 2. The van der Waals surface area contributed by atoms with Gasteiger partial charge in [0.15, 0.2) is 0 Å². The zero-order valence-corrected chi connectivity index (χ0v) is 18.7. The maximum atomic E-state index is 12.0. The van der Waals surface area contributed by atoms with E-state index in [1.807, 2.05) is 36.6 Å². The lowest BCUT2D eigenvalue weighted by atomic mass is 10.2. The van der Waals surface area contributed by atoms with Gasteiger partial charge in [0.1, 0.15) is 5.01 Å². The molecule has 0 bridgehead atoms. The molecule has 0 spiro atoms. The molecule has 0 saturated heterocycles. The first-order valence-corrected chi connectivity index (χ1v) is 11.8. The van der Waals surface area contributed by atoms with Gasteiger partial charge in [0.05, 0.1) is 17.2 Å². The van der Waals surface area contributed by atoms with Crippen LogP contribution in [0, 0.1) is 13.8 Å². The maximum absolute atomic E-state index is 12.0. The second kappa shape index (κ2) is 10.9. The Morgan fingerprint density at radius 2 is 1.57 bits per heavy atom. The first kappa shape index (κ1) is 22.1. The molecule has 0 unspecified atom stereocenters. The fourth-order valence-corrected chi connectivity index (χ4v) is 4.21. The van der Waals surface area contributed by atoms with Gasteiger partial charge in [-0.05, 0) is 26.0 Å². The van der Waals surface area contributed by atoms with Crippen LogP contribution in [0.4, 0.5) is 5.69 Å². The van der Waals surface area contributed by atoms with E-state index in [9.17, 15) is 9.59 Å². The van der Waals surface area contributed by atoms with Crippen molar-refractivity contribution in [1.82, 2.24) is 10.3 Å². The molecule has 3 aromatic rings. The Morgan fingerprint density at radius 3 is 2.27 bits per heavy atom. The lowest BCUT2D eigenvalue weighted by Crippen LogP contribution is -2.28. The minimum atomic E-state index is -0.109. The molecule has 0 aliphatic rings. The van der Waals surface area contributed by atoms with Gasteiger partial charge in [0.25, 0.3) is 0 Å². The highest BCUT2D eigenvalue weighted by Crippen LogP contribution is 2.24. The Bertz CT molecular complexity index is 982. The number of anilines is 1. The highest BCUT2D eigenvalue weighted by atomic mass is 32.2. The van der Waals surface area contributed by atoms with Crippen molar-refractivity contribution >= 4 is 40.6 Å². The highest BCUT2D eigenvalue weighted by Gasteiger charge is 2.08. The Morgan fingerprint density at radius 1 is 0.933 bits per heavy atom. The van der Waals surface area contributed by atoms with Crippen LogP contribution in [-0.4, -0.2) is 34.8 Å². The predicted molar refractivity (Wildman–Crippen MR) is 126 cm³/mol. The molecule has 1 heterocycles. The molecule has 3 rings (SSSR count). The monoisotopic (exact) mass is 439 g/mol. The third-order valence-electron chi connectivity index (χ3n) is 4.36. The molecule has 0 atom stereocenters. The van der Waals surface area contributed by atoms with Crippen molar-refractivity contribution in [3.05, 3.63) is 70.7 Å². The van der Waals surface area contributed by atoms with Crippen molar-refractivity contribution in [2.75, 3.05) is 23.4 Å². The number of benzene rings is 2. The first-order chi connectivity index (χ1) is 14.5. The molecule has 7 heteroatoms. The summed E-state index contributed by atoms with van der Waals surface area (Å²) >= 11 is 2.92. The van der Waals surface area contributed by atoms with Crippen LogP contribution in [0.25, 0.3) is 10.6 Å². The van der Waals surface area contributed by atoms with Crippen LogP contribution in [0.5, 0.6) is 0 Å². The van der Waals surface area contributed by atoms with Crippen LogP contribution in [0.3, 0.4) is 0 Å². The van der Waals surface area contributed by atoms with E-state index < -0.39 is 0 Å². The summed E-state index contributed by atoms with van der Waals surface area (Å²) in [5.41, 5.74) is 5.22. The van der Waals surface area contributed by atoms with Gasteiger partial charge < -0.3 is 10.6 Å². The first-order valence-electron chi connectivity index (χ1n) is 9.72. The molecule has 1 aromatic heterocycles. The fraction of sp³-hybridized carbons (Fsp3) is 0.261. The molecule has 156 valence electrons. The Kier molecular flexibility index (Phi) is 8.04. The van der Waals surface area contributed by atoms with Gasteiger partial charge in [-0.2, -0.15) is 0 Å². The average molecular weight is 440 g/mol. The molecule has 2 amide bonds. The van der Waals surface area contributed by atoms with Crippen molar-refractivity contribution in [3.63, 3.8) is 0 Å². The van der Waals surface area contributed by atoms with E-state index in [4.69, 9.17) is 0 Å². The van der Waals surface area contributed by atoms with Gasteiger partial charge >= 0.3 is 0 Å². The molecular weight excluding hydrogens is 414 g/mol. The van der Waals surface area contributed by atoms with Crippen molar-refractivity contribution < 1.29 is 9.59 Å². The number of rotatable bonds is 9. The van der Waals surface area contributed by atoms with Gasteiger partial charge in [-0.15, -0.1) is 23.1 Å². The van der Waals surface area contributed by atoms with Crippen LogP contribution in [0.1, 0.15) is 16.8 Å². The van der Waals surface area contributed by atoms with Crippen LogP contribution < -0.4 is 10.6 Å². The lowest BCUT2D eigenvalue weighted by molar-refractivity contribution is -0.118. The average Bonchev–Trinajstić information content (AvgIpc) is 3.19. The van der Waals surface area contributed by atoms with Gasteiger partial charge in [-0.25, -0.2) is 4.98 Å². The van der Waals surface area contributed by atoms with Crippen LogP contribution in [-0.2, 0) is 16.0 Å². The minimum absolute atomic E-state index is 0.0721. The number of carbonyl (C=O) groups excluding carboxylic acids is 2. The number of nitrogens with one attached hydrogen (secondary N) is 2. The summed E-state index contributed by atoms with van der Waals surface area (Å²) in [5.74, 6) is 0.320. The molecule has 2 aromatic carbocycles. The Labute approximate surface area is 185 Å². The van der Waals surface area contributed by atoms with Crippen LogP contribution in [0.2, 0.25) is 0 Å². The van der Waals surface area contributed by atoms with Crippen LogP contribution in [0.15, 0.2) is 53.9 Å². The molecule has 5 nitrogen and oxygen atoms in total. The zero-order valence-electron chi connectivity index (χ0n) is 17.1. The standard InChI is InChI=1S/C23H25N3O2S2/c1-16-3-7-18(8-4-16)23-26-20(13-30-23)11-12-24-21(27)14-29-15-22(28)25-19-9-5-17(2)6-10-19/h3-10,13H,11-12,14-15H2,1-2H3,(H,24,27)(H,25,28). The number of aromatic nitrogens is 1. The van der Waals surface area contributed by atoms with Crippen LogP contribution >= 0.6 is 23.1 Å². The van der Waals surface area contributed by atoms with Gasteiger partial charge in [0, 0.05) is 29.6 Å². The lowest BCUT2D eigenvalue weighted by Gasteiger charge is -2.06. The van der Waals surface area contributed by atoms with Crippen molar-refractivity contribution in [3.8, 4) is 10.6 Å². The molecule has 30 heavy (non-hydrogen) atoms. The largest absolute Gasteiger partial charge is 0.355 e. The second-order valence-corrected chi connectivity index (χ2v) is 8.86. The number of thiazole rings is 1. The topological polar surface area (TPSA) is 71.1 Å². The van der Waals surface area contributed by atoms with Crippen molar-refractivity contribution in [2.24, 2.45) is 0 Å². The number of thioether (sulfide) groups is 1. The molecule has 0 fully saturated rings. The second-order valence-electron chi connectivity index (χ2n) is 7.02. The minimum Gasteiger partial charge on any atom is -0.355 e. The van der Waals surface area contributed by atoms with Crippen molar-refractivity contribution in [2.45, 2.75) is 20.3 Å². The number of hydrogen-bond acceptors (Lipinski definition) is 5. The number of nitrogens with zero attached hydrogens (tertiary/aromatic N) is 1. The van der Waals surface area contributed by atoms with E-state index >= 15 is 0 Å². The normalized spacial score (nSPS) is 10.6. The SMILES string of the molecule is Cc1ccc(NC(=O)CSCC(=O)NCCc2csc(-c3ccc(C)cc3)n2)cc1. The molecule has 0 aliphatic heterocycles. The summed E-state index contributed by atoms with van der Waals surface area (Å²) in [4.78, 5) is 28.6. The molecular formula is C23H25N3O2S2. The molecule has 0 aliphatic carbocycles. The van der Waals surface area contributed by atoms with E-state index in [1.165, 1.54) is 17.3 Å². The summed E-state index contributed by atoms with van der Waals surface area (Å²) in [6, 6.07) is 15.9. The third-order valence-corrected chi connectivity index (χ3v) is 6.23. The molecule has 0 saturated carbocycles. The Balaban J connectivity index is 1.32. The maximum Gasteiger partial charge on any atom is 0.234 e. The fourth-order valence-electron chi connectivity index (χ4n) is 2.70. The van der Waals surface area contributed by atoms with Crippen molar-refractivity contribution in [1.29, 1.82) is 0 Å². The predicted octanol–water partition coefficient (Wildman–Crippen LogP) is 4.46. The number of amides is 2. The Hall–Kier alpha value is -2.64. The summed E-state index contributed by atoms with van der Waals surface area (Å²) in [6.45, 7) is 4.60. The highest BCUT2D eigenvalue weighted by molar-refractivity contribution is 8.00. The molecule has 0 radical (unpaired) electrons. The quantitative estimate of drug-likeness (QED) is 0.516. The summed E-state index contributed by atoms with van der Waals surface area (Å²) in [6.07, 6.45) is 0.687. The molecule has 2 N–H and O–H groups in total. The summed E-state index contributed by atoms with van der Waals surface area (Å²) in [7, 11) is 0. The van der Waals surface area contributed by atoms with Gasteiger partial charge in [0.2, 0.25) is 11.8 Å². The zero-order chi connectivity index (χ0) is 21.3. The third kappa shape index (κ3) is 7.00. The summed E-state index contributed by atoms with van der Waals surface area (Å²) in [5, 5.41) is 8.74.